The molecule has 0 N–H and O–H groups in total. The van der Waals surface area contributed by atoms with Crippen LogP contribution in [0.25, 0.3) is 32.7 Å². The Hall–Kier alpha value is -3.58. The zero-order valence-corrected chi connectivity index (χ0v) is 15.7. The van der Waals surface area contributed by atoms with Gasteiger partial charge in [-0.3, -0.25) is 0 Å². The van der Waals surface area contributed by atoms with E-state index in [0.717, 1.165) is 0 Å². The van der Waals surface area contributed by atoms with E-state index in [2.05, 4.69) is 109 Å². The minimum Gasteiger partial charge on any atom is -0.309 e. The maximum Gasteiger partial charge on any atom is 0.0546 e. The van der Waals surface area contributed by atoms with Gasteiger partial charge in [0.2, 0.25) is 0 Å². The molecular weight excluding hydrogens is 338 g/mol. The number of nitrogens with zero attached hydrogens (tertiary/aromatic N) is 1. The Morgan fingerprint density at radius 3 is 2.29 bits per heavy atom. The number of hydrogen-bond donors (Lipinski definition) is 0. The first-order valence-electron chi connectivity index (χ1n) is 9.72. The lowest BCUT2D eigenvalue weighted by Gasteiger charge is -2.34. The summed E-state index contributed by atoms with van der Waals surface area (Å²) in [7, 11) is 0. The fourth-order valence-electron chi connectivity index (χ4n) is 4.56. The SMILES string of the molecule is Cc1ccc2c3c(cccc13)N(c1ccc3ccccc3c1)c1ccccc1-2. The molecule has 0 atom stereocenters. The molecular formula is C27H19N. The van der Waals surface area contributed by atoms with E-state index in [1.165, 1.54) is 55.3 Å². The summed E-state index contributed by atoms with van der Waals surface area (Å²) >= 11 is 0. The molecule has 6 rings (SSSR count). The molecule has 1 aliphatic heterocycles. The van der Waals surface area contributed by atoms with Gasteiger partial charge in [0.25, 0.3) is 0 Å². The quantitative estimate of drug-likeness (QED) is 0.291. The summed E-state index contributed by atoms with van der Waals surface area (Å²) in [6, 6.07) is 35.2. The smallest absolute Gasteiger partial charge is 0.0546 e. The number of fused-ring (bicyclic) bond motifs is 3. The number of hydrogen-bond acceptors (Lipinski definition) is 1. The van der Waals surface area contributed by atoms with E-state index in [1.807, 2.05) is 0 Å². The topological polar surface area (TPSA) is 3.24 Å². The van der Waals surface area contributed by atoms with Gasteiger partial charge in [-0.25, -0.2) is 0 Å². The highest BCUT2D eigenvalue weighted by Crippen LogP contribution is 2.51. The number of benzene rings is 5. The Labute approximate surface area is 164 Å². The van der Waals surface area contributed by atoms with Crippen LogP contribution in [0, 0.1) is 6.92 Å². The van der Waals surface area contributed by atoms with Crippen LogP contribution in [-0.4, -0.2) is 0 Å². The maximum absolute atomic E-state index is 2.41. The monoisotopic (exact) mass is 357 g/mol. The highest BCUT2D eigenvalue weighted by molar-refractivity contribution is 6.14. The van der Waals surface area contributed by atoms with E-state index in [-0.39, 0.29) is 0 Å². The van der Waals surface area contributed by atoms with Crippen molar-refractivity contribution in [2.45, 2.75) is 6.92 Å². The van der Waals surface area contributed by atoms with Gasteiger partial charge in [-0.1, -0.05) is 72.8 Å². The van der Waals surface area contributed by atoms with Crippen LogP contribution < -0.4 is 4.90 Å². The van der Waals surface area contributed by atoms with Crippen LogP contribution in [0.15, 0.2) is 97.1 Å². The van der Waals surface area contributed by atoms with Crippen LogP contribution in [0.2, 0.25) is 0 Å². The molecule has 1 heteroatoms. The minimum atomic E-state index is 1.20. The molecule has 1 nitrogen and oxygen atoms in total. The van der Waals surface area contributed by atoms with E-state index in [9.17, 15) is 0 Å². The molecule has 0 aromatic heterocycles. The Morgan fingerprint density at radius 2 is 1.36 bits per heavy atom. The maximum atomic E-state index is 2.41. The molecule has 5 aromatic rings. The van der Waals surface area contributed by atoms with Gasteiger partial charge in [-0.15, -0.1) is 0 Å². The molecule has 0 aliphatic carbocycles. The van der Waals surface area contributed by atoms with Gasteiger partial charge >= 0.3 is 0 Å². The predicted molar refractivity (Wildman–Crippen MR) is 120 cm³/mol. The third kappa shape index (κ3) is 2.07. The van der Waals surface area contributed by atoms with Crippen molar-refractivity contribution in [2.24, 2.45) is 0 Å². The average molecular weight is 357 g/mol. The molecule has 0 amide bonds. The van der Waals surface area contributed by atoms with E-state index < -0.39 is 0 Å². The summed E-state index contributed by atoms with van der Waals surface area (Å²) in [4.78, 5) is 2.41. The molecule has 132 valence electrons. The molecule has 5 aromatic carbocycles. The summed E-state index contributed by atoms with van der Waals surface area (Å²) in [5.41, 5.74) is 7.62. The number of para-hydroxylation sites is 1. The van der Waals surface area contributed by atoms with Crippen molar-refractivity contribution >= 4 is 38.6 Å². The van der Waals surface area contributed by atoms with Gasteiger partial charge in [0.1, 0.15) is 0 Å². The van der Waals surface area contributed by atoms with Crippen LogP contribution in [0.4, 0.5) is 17.1 Å². The summed E-state index contributed by atoms with van der Waals surface area (Å²) in [5.74, 6) is 0. The minimum absolute atomic E-state index is 1.20. The van der Waals surface area contributed by atoms with Crippen LogP contribution in [-0.2, 0) is 0 Å². The Morgan fingerprint density at radius 1 is 0.571 bits per heavy atom. The molecule has 28 heavy (non-hydrogen) atoms. The fourth-order valence-corrected chi connectivity index (χ4v) is 4.56. The van der Waals surface area contributed by atoms with Gasteiger partial charge in [0.05, 0.1) is 11.4 Å². The van der Waals surface area contributed by atoms with Crippen molar-refractivity contribution < 1.29 is 0 Å². The highest BCUT2D eigenvalue weighted by atomic mass is 15.2. The van der Waals surface area contributed by atoms with Crippen molar-refractivity contribution in [3.05, 3.63) is 103 Å². The summed E-state index contributed by atoms with van der Waals surface area (Å²) in [6.45, 7) is 2.20. The molecule has 1 aliphatic rings. The van der Waals surface area contributed by atoms with Crippen molar-refractivity contribution in [1.29, 1.82) is 0 Å². The highest BCUT2D eigenvalue weighted by Gasteiger charge is 2.25. The Bertz CT molecular complexity index is 1380. The van der Waals surface area contributed by atoms with Crippen LogP contribution in [0.3, 0.4) is 0 Å². The van der Waals surface area contributed by atoms with Gasteiger partial charge in [-0.05, 0) is 58.5 Å². The number of rotatable bonds is 1. The normalized spacial score (nSPS) is 12.4. The van der Waals surface area contributed by atoms with E-state index in [1.54, 1.807) is 0 Å². The Balaban J connectivity index is 1.73. The lowest BCUT2D eigenvalue weighted by molar-refractivity contribution is 1.29. The summed E-state index contributed by atoms with van der Waals surface area (Å²) in [5, 5.41) is 5.20. The second-order valence-electron chi connectivity index (χ2n) is 7.51. The molecule has 0 bridgehead atoms. The van der Waals surface area contributed by atoms with Crippen LogP contribution in [0.5, 0.6) is 0 Å². The second-order valence-corrected chi connectivity index (χ2v) is 7.51. The molecule has 0 spiro atoms. The van der Waals surface area contributed by atoms with Gasteiger partial charge in [-0.2, -0.15) is 0 Å². The zero-order valence-electron chi connectivity index (χ0n) is 15.7. The molecule has 0 saturated heterocycles. The first-order chi connectivity index (χ1) is 13.8. The lowest BCUT2D eigenvalue weighted by atomic mass is 9.89. The Kier molecular flexibility index (Phi) is 3.15. The standard InChI is InChI=1S/C27H19N/c1-18-13-16-24-23-9-4-5-11-25(23)28(26-12-6-10-22(18)27(24)26)21-15-14-19-7-2-3-8-20(19)17-21/h2-17H,1H3. The van der Waals surface area contributed by atoms with Crippen molar-refractivity contribution in [2.75, 3.05) is 4.90 Å². The van der Waals surface area contributed by atoms with Gasteiger partial charge < -0.3 is 4.90 Å². The van der Waals surface area contributed by atoms with E-state index in [0.29, 0.717) is 0 Å². The fraction of sp³-hybridized carbons (Fsp3) is 0.0370. The third-order valence-electron chi connectivity index (χ3n) is 5.90. The second kappa shape index (κ2) is 5.71. The number of aryl methyl sites for hydroxylation is 1. The first kappa shape index (κ1) is 15.5. The first-order valence-corrected chi connectivity index (χ1v) is 9.72. The molecule has 0 unspecified atom stereocenters. The van der Waals surface area contributed by atoms with Crippen LogP contribution >= 0.6 is 0 Å². The van der Waals surface area contributed by atoms with Gasteiger partial charge in [0, 0.05) is 16.6 Å². The van der Waals surface area contributed by atoms with Crippen molar-refractivity contribution in [1.82, 2.24) is 0 Å². The largest absolute Gasteiger partial charge is 0.309 e. The van der Waals surface area contributed by atoms with E-state index >= 15 is 0 Å². The average Bonchev–Trinajstić information content (AvgIpc) is 2.75. The number of anilines is 3. The van der Waals surface area contributed by atoms with Gasteiger partial charge in [0.15, 0.2) is 0 Å². The lowest BCUT2D eigenvalue weighted by Crippen LogP contribution is -2.15. The summed E-state index contributed by atoms with van der Waals surface area (Å²) in [6.07, 6.45) is 0. The van der Waals surface area contributed by atoms with Crippen molar-refractivity contribution in [3.8, 4) is 11.1 Å². The molecule has 0 radical (unpaired) electrons. The molecule has 0 saturated carbocycles. The molecule has 1 heterocycles. The predicted octanol–water partition coefficient (Wildman–Crippen LogP) is 7.75. The van der Waals surface area contributed by atoms with Crippen molar-refractivity contribution in [3.63, 3.8) is 0 Å². The zero-order chi connectivity index (χ0) is 18.7. The summed E-state index contributed by atoms with van der Waals surface area (Å²) < 4.78 is 0. The van der Waals surface area contributed by atoms with E-state index in [4.69, 9.17) is 0 Å². The molecule has 0 fully saturated rings. The van der Waals surface area contributed by atoms with Crippen LogP contribution in [0.1, 0.15) is 5.56 Å². The third-order valence-corrected chi connectivity index (χ3v) is 5.90.